The van der Waals surface area contributed by atoms with Crippen LogP contribution in [-0.4, -0.2) is 31.9 Å². The number of carbonyl (C=O) groups excluding carboxylic acids is 1. The average molecular weight is 359 g/mol. The number of amides is 1. The number of ether oxygens (including phenoxy) is 2. The predicted molar refractivity (Wildman–Crippen MR) is 103 cm³/mol. The summed E-state index contributed by atoms with van der Waals surface area (Å²) in [4.78, 5) is 13.6. The van der Waals surface area contributed by atoms with Crippen LogP contribution >= 0.6 is 11.8 Å². The molecule has 0 fully saturated rings. The van der Waals surface area contributed by atoms with E-state index in [1.165, 1.54) is 0 Å². The Morgan fingerprint density at radius 3 is 2.48 bits per heavy atom. The quantitative estimate of drug-likeness (QED) is 0.752. The van der Waals surface area contributed by atoms with Gasteiger partial charge in [0.05, 0.1) is 18.7 Å². The van der Waals surface area contributed by atoms with E-state index in [2.05, 4.69) is 5.32 Å². The van der Waals surface area contributed by atoms with Crippen molar-refractivity contribution in [2.45, 2.75) is 31.7 Å². The summed E-state index contributed by atoms with van der Waals surface area (Å²) in [6.45, 7) is 6.37. The molecule has 134 valence electrons. The van der Waals surface area contributed by atoms with E-state index < -0.39 is 0 Å². The first-order chi connectivity index (χ1) is 12.0. The maximum atomic E-state index is 12.5. The zero-order valence-electron chi connectivity index (χ0n) is 15.4. The number of rotatable bonds is 7. The second kappa shape index (κ2) is 8.81. The number of thioether (sulfide) groups is 1. The van der Waals surface area contributed by atoms with Gasteiger partial charge in [0.1, 0.15) is 18.1 Å². The van der Waals surface area contributed by atoms with Gasteiger partial charge in [-0.1, -0.05) is 18.2 Å². The molecule has 0 heterocycles. The lowest BCUT2D eigenvalue weighted by molar-refractivity contribution is 0.0923. The number of para-hydroxylation sites is 1. The van der Waals surface area contributed by atoms with Gasteiger partial charge >= 0.3 is 0 Å². The highest BCUT2D eigenvalue weighted by Gasteiger charge is 2.16. The van der Waals surface area contributed by atoms with Gasteiger partial charge in [-0.2, -0.15) is 0 Å². The maximum absolute atomic E-state index is 12.5. The van der Waals surface area contributed by atoms with Crippen LogP contribution in [0.15, 0.2) is 41.3 Å². The van der Waals surface area contributed by atoms with E-state index in [0.29, 0.717) is 17.9 Å². The van der Waals surface area contributed by atoms with Crippen LogP contribution in [0.1, 0.15) is 28.4 Å². The van der Waals surface area contributed by atoms with E-state index >= 15 is 0 Å². The summed E-state index contributed by atoms with van der Waals surface area (Å²) < 4.78 is 11.3. The standard InChI is InChI=1S/C20H25NO3S/c1-13-7-6-8-14(2)19(13)24-12-15(3)21-20(22)17-10-9-16(25-5)11-18(17)23-4/h6-11,15H,12H2,1-5H3,(H,21,22). The number of hydrogen-bond donors (Lipinski definition) is 1. The van der Waals surface area contributed by atoms with Gasteiger partial charge in [-0.15, -0.1) is 11.8 Å². The lowest BCUT2D eigenvalue weighted by atomic mass is 10.1. The Labute approximate surface area is 153 Å². The molecule has 4 nitrogen and oxygen atoms in total. The molecule has 0 radical (unpaired) electrons. The summed E-state index contributed by atoms with van der Waals surface area (Å²) in [5.74, 6) is 1.29. The SMILES string of the molecule is COc1cc(SC)ccc1C(=O)NC(C)COc1c(C)cccc1C. The van der Waals surface area contributed by atoms with Crippen molar-refractivity contribution < 1.29 is 14.3 Å². The van der Waals surface area contributed by atoms with Crippen LogP contribution in [0, 0.1) is 13.8 Å². The summed E-state index contributed by atoms with van der Waals surface area (Å²) in [6, 6.07) is 11.5. The van der Waals surface area contributed by atoms with Gasteiger partial charge in [0.2, 0.25) is 0 Å². The van der Waals surface area contributed by atoms with Gasteiger partial charge in [0.15, 0.2) is 0 Å². The van der Waals surface area contributed by atoms with Crippen molar-refractivity contribution in [1.82, 2.24) is 5.32 Å². The maximum Gasteiger partial charge on any atom is 0.255 e. The molecule has 1 amide bonds. The molecule has 0 spiro atoms. The molecule has 1 atom stereocenters. The van der Waals surface area contributed by atoms with Crippen LogP contribution in [0.5, 0.6) is 11.5 Å². The molecule has 2 aromatic carbocycles. The van der Waals surface area contributed by atoms with E-state index in [9.17, 15) is 4.79 Å². The molecule has 5 heteroatoms. The van der Waals surface area contributed by atoms with Crippen LogP contribution in [0.4, 0.5) is 0 Å². The molecule has 1 unspecified atom stereocenters. The summed E-state index contributed by atoms with van der Waals surface area (Å²) in [5.41, 5.74) is 2.71. The smallest absolute Gasteiger partial charge is 0.255 e. The van der Waals surface area contributed by atoms with Crippen molar-refractivity contribution in [1.29, 1.82) is 0 Å². The first-order valence-electron chi connectivity index (χ1n) is 8.18. The number of nitrogens with one attached hydrogen (secondary N) is 1. The predicted octanol–water partition coefficient (Wildman–Crippen LogP) is 4.23. The van der Waals surface area contributed by atoms with Crippen molar-refractivity contribution in [3.05, 3.63) is 53.1 Å². The molecule has 25 heavy (non-hydrogen) atoms. The minimum Gasteiger partial charge on any atom is -0.496 e. The highest BCUT2D eigenvalue weighted by atomic mass is 32.2. The van der Waals surface area contributed by atoms with Gasteiger partial charge < -0.3 is 14.8 Å². The van der Waals surface area contributed by atoms with Gasteiger partial charge in [0.25, 0.3) is 5.91 Å². The fourth-order valence-electron chi connectivity index (χ4n) is 2.56. The molecule has 2 aromatic rings. The summed E-state index contributed by atoms with van der Waals surface area (Å²) in [5, 5.41) is 2.97. The van der Waals surface area contributed by atoms with Gasteiger partial charge in [-0.3, -0.25) is 4.79 Å². The van der Waals surface area contributed by atoms with Crippen LogP contribution in [-0.2, 0) is 0 Å². The Morgan fingerprint density at radius 2 is 1.88 bits per heavy atom. The summed E-state index contributed by atoms with van der Waals surface area (Å²) in [6.07, 6.45) is 1.99. The van der Waals surface area contributed by atoms with Crippen molar-refractivity contribution in [3.8, 4) is 11.5 Å². The number of methoxy groups -OCH3 is 1. The molecule has 2 rings (SSSR count). The molecule has 0 saturated carbocycles. The van der Waals surface area contributed by atoms with Crippen molar-refractivity contribution in [2.24, 2.45) is 0 Å². The number of aryl methyl sites for hydroxylation is 2. The average Bonchev–Trinajstić information content (AvgIpc) is 2.60. The van der Waals surface area contributed by atoms with E-state index in [1.54, 1.807) is 24.9 Å². The Kier molecular flexibility index (Phi) is 6.76. The summed E-state index contributed by atoms with van der Waals surface area (Å²) >= 11 is 1.61. The fourth-order valence-corrected chi connectivity index (χ4v) is 2.99. The highest BCUT2D eigenvalue weighted by molar-refractivity contribution is 7.98. The lowest BCUT2D eigenvalue weighted by Gasteiger charge is -2.18. The van der Waals surface area contributed by atoms with Crippen LogP contribution in [0.25, 0.3) is 0 Å². The molecule has 0 aliphatic rings. The summed E-state index contributed by atoms with van der Waals surface area (Å²) in [7, 11) is 1.57. The molecule has 0 aliphatic carbocycles. The van der Waals surface area contributed by atoms with Crippen LogP contribution in [0.2, 0.25) is 0 Å². The molecule has 0 aromatic heterocycles. The third kappa shape index (κ3) is 4.92. The van der Waals surface area contributed by atoms with Crippen molar-refractivity contribution in [2.75, 3.05) is 20.0 Å². The minimum absolute atomic E-state index is 0.128. The van der Waals surface area contributed by atoms with Gasteiger partial charge in [0, 0.05) is 4.90 Å². The zero-order chi connectivity index (χ0) is 18.4. The van der Waals surface area contributed by atoms with Crippen LogP contribution in [0.3, 0.4) is 0 Å². The molecule has 1 N–H and O–H groups in total. The van der Waals surface area contributed by atoms with E-state index in [-0.39, 0.29) is 11.9 Å². The van der Waals surface area contributed by atoms with E-state index in [4.69, 9.17) is 9.47 Å². The monoisotopic (exact) mass is 359 g/mol. The normalized spacial score (nSPS) is 11.7. The van der Waals surface area contributed by atoms with Crippen molar-refractivity contribution >= 4 is 17.7 Å². The second-order valence-electron chi connectivity index (χ2n) is 5.97. The first kappa shape index (κ1) is 19.2. The number of carbonyl (C=O) groups is 1. The van der Waals surface area contributed by atoms with Gasteiger partial charge in [-0.05, 0) is 56.4 Å². The topological polar surface area (TPSA) is 47.6 Å². The second-order valence-corrected chi connectivity index (χ2v) is 6.85. The van der Waals surface area contributed by atoms with E-state index in [1.807, 2.05) is 57.4 Å². The number of hydrogen-bond acceptors (Lipinski definition) is 4. The Morgan fingerprint density at radius 1 is 1.20 bits per heavy atom. The third-order valence-electron chi connectivity index (χ3n) is 3.92. The zero-order valence-corrected chi connectivity index (χ0v) is 16.2. The fraction of sp³-hybridized carbons (Fsp3) is 0.350. The molecule has 0 aliphatic heterocycles. The van der Waals surface area contributed by atoms with Crippen LogP contribution < -0.4 is 14.8 Å². The Hall–Kier alpha value is -2.14. The largest absolute Gasteiger partial charge is 0.496 e. The van der Waals surface area contributed by atoms with E-state index in [0.717, 1.165) is 21.8 Å². The van der Waals surface area contributed by atoms with Gasteiger partial charge in [-0.25, -0.2) is 0 Å². The molecular weight excluding hydrogens is 334 g/mol. The lowest BCUT2D eigenvalue weighted by Crippen LogP contribution is -2.37. The molecule has 0 saturated heterocycles. The van der Waals surface area contributed by atoms with Crippen molar-refractivity contribution in [3.63, 3.8) is 0 Å². The minimum atomic E-state index is -0.165. The number of benzene rings is 2. The molecule has 0 bridgehead atoms. The first-order valence-corrected chi connectivity index (χ1v) is 9.40. The highest BCUT2D eigenvalue weighted by Crippen LogP contribution is 2.25. The molecular formula is C20H25NO3S. The third-order valence-corrected chi connectivity index (χ3v) is 4.64. The Balaban J connectivity index is 2.01. The Bertz CT molecular complexity index is 725.